The van der Waals surface area contributed by atoms with E-state index in [2.05, 4.69) is 0 Å². The molecule has 0 aliphatic carbocycles. The number of ether oxygens (including phenoxy) is 1. The molecular weight excluding hydrogens is 500 g/mol. The van der Waals surface area contributed by atoms with E-state index in [1.165, 1.54) is 24.3 Å². The first-order valence-electron chi connectivity index (χ1n) is 11.6. The van der Waals surface area contributed by atoms with Crippen LogP contribution in [0.1, 0.15) is 41.2 Å². The molecule has 36 heavy (non-hydrogen) atoms. The van der Waals surface area contributed by atoms with Gasteiger partial charge in [-0.2, -0.15) is 16.8 Å². The minimum absolute atomic E-state index is 0.0821. The number of hydrogen-bond acceptors (Lipinski definition) is 7. The summed E-state index contributed by atoms with van der Waals surface area (Å²) in [5.74, 6) is 0.842. The Balaban J connectivity index is 1.54. The van der Waals surface area contributed by atoms with Crippen LogP contribution in [0.15, 0.2) is 64.4 Å². The van der Waals surface area contributed by atoms with Gasteiger partial charge >= 0.3 is 10.1 Å². The fourth-order valence-corrected chi connectivity index (χ4v) is 6.08. The predicted octanol–water partition coefficient (Wildman–Crippen LogP) is 5.18. The van der Waals surface area contributed by atoms with E-state index in [9.17, 15) is 16.8 Å². The van der Waals surface area contributed by atoms with Crippen molar-refractivity contribution in [1.29, 1.82) is 0 Å². The van der Waals surface area contributed by atoms with Gasteiger partial charge in [0.15, 0.2) is 0 Å². The van der Waals surface area contributed by atoms with Crippen LogP contribution < -0.4 is 8.92 Å². The molecule has 9 heteroatoms. The van der Waals surface area contributed by atoms with Crippen molar-refractivity contribution in [3.63, 3.8) is 0 Å². The zero-order valence-electron chi connectivity index (χ0n) is 21.0. The van der Waals surface area contributed by atoms with Gasteiger partial charge in [0.2, 0.25) is 0 Å². The molecule has 192 valence electrons. The van der Waals surface area contributed by atoms with Crippen molar-refractivity contribution in [2.75, 3.05) is 6.61 Å². The first-order valence-corrected chi connectivity index (χ1v) is 14.4. The number of aryl methyl sites for hydroxylation is 3. The number of hydrogen-bond donors (Lipinski definition) is 0. The molecule has 1 atom stereocenters. The Morgan fingerprint density at radius 2 is 1.36 bits per heavy atom. The fourth-order valence-electron chi connectivity index (χ4n) is 4.09. The van der Waals surface area contributed by atoms with Gasteiger partial charge in [0, 0.05) is 5.56 Å². The largest absolute Gasteiger partial charge is 0.485 e. The van der Waals surface area contributed by atoms with Gasteiger partial charge in [-0.3, -0.25) is 4.18 Å². The average molecular weight is 531 g/mol. The molecule has 7 nitrogen and oxygen atoms in total. The summed E-state index contributed by atoms with van der Waals surface area (Å²) in [6.07, 6.45) is 1.03. The second-order valence-corrected chi connectivity index (χ2v) is 12.7. The maximum atomic E-state index is 12.8. The Kier molecular flexibility index (Phi) is 6.94. The van der Waals surface area contributed by atoms with E-state index in [4.69, 9.17) is 13.1 Å². The molecule has 1 heterocycles. The van der Waals surface area contributed by atoms with Crippen molar-refractivity contribution in [2.45, 2.75) is 62.9 Å². The van der Waals surface area contributed by atoms with Crippen LogP contribution in [0.4, 0.5) is 0 Å². The highest BCUT2D eigenvalue weighted by Crippen LogP contribution is 2.42. The highest BCUT2D eigenvalue weighted by atomic mass is 32.2. The molecule has 0 fully saturated rings. The van der Waals surface area contributed by atoms with Gasteiger partial charge in [0.1, 0.15) is 28.6 Å². The summed E-state index contributed by atoms with van der Waals surface area (Å²) >= 11 is 0. The van der Waals surface area contributed by atoms with Crippen LogP contribution in [0.3, 0.4) is 0 Å². The van der Waals surface area contributed by atoms with E-state index >= 15 is 0 Å². The van der Waals surface area contributed by atoms with Crippen molar-refractivity contribution in [3.8, 4) is 11.5 Å². The topological polar surface area (TPSA) is 96.0 Å². The quantitative estimate of drug-likeness (QED) is 0.389. The molecular formula is C27H30O7S2. The Labute approximate surface area is 213 Å². The summed E-state index contributed by atoms with van der Waals surface area (Å²) in [5.41, 5.74) is 3.22. The molecule has 0 amide bonds. The summed E-state index contributed by atoms with van der Waals surface area (Å²) in [5, 5.41) is 0. The van der Waals surface area contributed by atoms with E-state index in [1.54, 1.807) is 44.2 Å². The average Bonchev–Trinajstić information content (AvgIpc) is 2.82. The third-order valence-corrected chi connectivity index (χ3v) is 8.92. The third-order valence-electron chi connectivity index (χ3n) is 6.39. The second-order valence-electron chi connectivity index (χ2n) is 9.56. The molecule has 1 aliphatic rings. The molecule has 3 aromatic carbocycles. The molecule has 0 N–H and O–H groups in total. The minimum atomic E-state index is -4.00. The first-order chi connectivity index (χ1) is 16.8. The Bertz CT molecular complexity index is 1490. The molecule has 0 saturated carbocycles. The van der Waals surface area contributed by atoms with Gasteiger partial charge in [-0.05, 0) is 88.9 Å². The number of rotatable bonds is 7. The molecule has 0 aromatic heterocycles. The summed E-state index contributed by atoms with van der Waals surface area (Å²) in [7, 11) is -7.93. The van der Waals surface area contributed by atoms with Crippen LogP contribution in [0.25, 0.3) is 0 Å². The van der Waals surface area contributed by atoms with Gasteiger partial charge in [0.05, 0.1) is 4.90 Å². The third kappa shape index (κ3) is 5.43. The van der Waals surface area contributed by atoms with E-state index in [1.807, 2.05) is 20.8 Å². The van der Waals surface area contributed by atoms with Gasteiger partial charge in [-0.25, -0.2) is 0 Å². The summed E-state index contributed by atoms with van der Waals surface area (Å²) in [4.78, 5) is 0.176. The Morgan fingerprint density at radius 1 is 0.833 bits per heavy atom. The maximum Gasteiger partial charge on any atom is 0.339 e. The van der Waals surface area contributed by atoms with Gasteiger partial charge in [0.25, 0.3) is 10.1 Å². The van der Waals surface area contributed by atoms with Crippen LogP contribution in [0.5, 0.6) is 11.5 Å². The zero-order valence-corrected chi connectivity index (χ0v) is 22.6. The second kappa shape index (κ2) is 9.53. The van der Waals surface area contributed by atoms with Crippen molar-refractivity contribution in [2.24, 2.45) is 0 Å². The molecule has 4 rings (SSSR count). The standard InChI is InChI=1S/C27H30O7S2/c1-18-6-10-22(11-7-18)35(28,29)32-17-27(5)15-14-24-21(4)25(16-20(3)26(24)33-27)34-36(30,31)23-12-8-19(2)9-13-23/h6-13,16H,14-15,17H2,1-5H3/t27-/m0/s1. The highest BCUT2D eigenvalue weighted by molar-refractivity contribution is 7.87. The van der Waals surface area contributed by atoms with E-state index in [0.29, 0.717) is 29.7 Å². The van der Waals surface area contributed by atoms with E-state index in [-0.39, 0.29) is 22.1 Å². The zero-order chi connectivity index (χ0) is 26.3. The monoisotopic (exact) mass is 530 g/mol. The summed E-state index contributed by atoms with van der Waals surface area (Å²) in [6, 6.07) is 14.6. The first kappa shape index (κ1) is 26.2. The molecule has 0 unspecified atom stereocenters. The summed E-state index contributed by atoms with van der Waals surface area (Å²) in [6.45, 7) is 9.01. The lowest BCUT2D eigenvalue weighted by atomic mass is 9.89. The molecule has 0 radical (unpaired) electrons. The Hall–Kier alpha value is -2.88. The van der Waals surface area contributed by atoms with E-state index < -0.39 is 25.8 Å². The molecule has 1 aliphatic heterocycles. The van der Waals surface area contributed by atoms with E-state index in [0.717, 1.165) is 16.7 Å². The van der Waals surface area contributed by atoms with Crippen molar-refractivity contribution in [3.05, 3.63) is 82.4 Å². The lowest BCUT2D eigenvalue weighted by Gasteiger charge is -2.37. The van der Waals surface area contributed by atoms with Crippen LogP contribution in [0.2, 0.25) is 0 Å². The SMILES string of the molecule is Cc1ccc(S(=O)(=O)OC[C@]2(C)CCc3c(C)c(OS(=O)(=O)c4ccc(C)cc4)cc(C)c3O2)cc1. The van der Waals surface area contributed by atoms with Crippen molar-refractivity contribution in [1.82, 2.24) is 0 Å². The number of benzene rings is 3. The van der Waals surface area contributed by atoms with Crippen LogP contribution >= 0.6 is 0 Å². The predicted molar refractivity (Wildman–Crippen MR) is 137 cm³/mol. The van der Waals surface area contributed by atoms with Crippen LogP contribution in [-0.4, -0.2) is 29.0 Å². The smallest absolute Gasteiger partial charge is 0.339 e. The van der Waals surface area contributed by atoms with Crippen LogP contribution in [0, 0.1) is 27.7 Å². The fraction of sp³-hybridized carbons (Fsp3) is 0.333. The normalized spacial score (nSPS) is 17.8. The van der Waals surface area contributed by atoms with Crippen molar-refractivity contribution < 1.29 is 29.9 Å². The lowest BCUT2D eigenvalue weighted by molar-refractivity contribution is 0.0188. The van der Waals surface area contributed by atoms with Gasteiger partial charge in [-0.1, -0.05) is 35.4 Å². The highest BCUT2D eigenvalue weighted by Gasteiger charge is 2.36. The van der Waals surface area contributed by atoms with Gasteiger partial charge < -0.3 is 8.92 Å². The molecule has 0 bridgehead atoms. The van der Waals surface area contributed by atoms with Crippen molar-refractivity contribution >= 4 is 20.2 Å². The van der Waals surface area contributed by atoms with Crippen LogP contribution in [-0.2, 0) is 30.8 Å². The number of fused-ring (bicyclic) bond motifs is 1. The lowest BCUT2D eigenvalue weighted by Crippen LogP contribution is -2.42. The Morgan fingerprint density at radius 3 is 1.92 bits per heavy atom. The van der Waals surface area contributed by atoms with Gasteiger partial charge in [-0.15, -0.1) is 0 Å². The summed E-state index contributed by atoms with van der Waals surface area (Å²) < 4.78 is 68.1. The maximum absolute atomic E-state index is 12.8. The minimum Gasteiger partial charge on any atom is -0.485 e. The molecule has 0 saturated heterocycles. The molecule has 0 spiro atoms. The molecule has 3 aromatic rings.